The van der Waals surface area contributed by atoms with E-state index in [0.717, 1.165) is 38.2 Å². The van der Waals surface area contributed by atoms with Crippen LogP contribution in [0.4, 0.5) is 0 Å². The topological polar surface area (TPSA) is 69.4 Å². The lowest BCUT2D eigenvalue weighted by molar-refractivity contribution is 0.0484. The quantitative estimate of drug-likeness (QED) is 0.885. The van der Waals surface area contributed by atoms with Crippen LogP contribution in [0.15, 0.2) is 22.7 Å². The Morgan fingerprint density at radius 1 is 1.27 bits per heavy atom. The summed E-state index contributed by atoms with van der Waals surface area (Å²) in [5.74, 6) is 2.79. The molecule has 1 saturated heterocycles. The molecule has 0 bridgehead atoms. The van der Waals surface area contributed by atoms with E-state index in [2.05, 4.69) is 47.5 Å². The first-order chi connectivity index (χ1) is 12.5. The van der Waals surface area contributed by atoms with Gasteiger partial charge in [0.15, 0.2) is 5.82 Å². The molecule has 140 valence electrons. The Morgan fingerprint density at radius 2 is 2.08 bits per heavy atom. The Bertz CT molecular complexity index is 765. The Kier molecular flexibility index (Phi) is 4.71. The van der Waals surface area contributed by atoms with Gasteiger partial charge in [0, 0.05) is 31.7 Å². The highest BCUT2D eigenvalue weighted by molar-refractivity contribution is 5.45. The number of ether oxygens (including phenoxy) is 2. The third-order valence-corrected chi connectivity index (χ3v) is 5.23. The zero-order valence-electron chi connectivity index (χ0n) is 15.7. The van der Waals surface area contributed by atoms with Crippen molar-refractivity contribution in [3.8, 4) is 5.75 Å². The van der Waals surface area contributed by atoms with Gasteiger partial charge in [0.2, 0.25) is 5.89 Å². The summed E-state index contributed by atoms with van der Waals surface area (Å²) < 4.78 is 17.2. The van der Waals surface area contributed by atoms with Gasteiger partial charge in [-0.15, -0.1) is 0 Å². The highest BCUT2D eigenvalue weighted by Gasteiger charge is 2.33. The van der Waals surface area contributed by atoms with Crippen molar-refractivity contribution in [2.75, 3.05) is 13.2 Å². The number of hydrogen-bond donors (Lipinski definition) is 1. The first-order valence-corrected chi connectivity index (χ1v) is 9.43. The van der Waals surface area contributed by atoms with E-state index < -0.39 is 0 Å². The number of nitrogens with one attached hydrogen (secondary N) is 1. The number of aryl methyl sites for hydroxylation is 1. The number of aromatic nitrogens is 2. The van der Waals surface area contributed by atoms with Gasteiger partial charge in [0.05, 0.1) is 6.04 Å². The van der Waals surface area contributed by atoms with E-state index >= 15 is 0 Å². The minimum atomic E-state index is -0.137. The van der Waals surface area contributed by atoms with Crippen molar-refractivity contribution in [1.29, 1.82) is 0 Å². The average molecular weight is 357 g/mol. The second kappa shape index (κ2) is 7.00. The van der Waals surface area contributed by atoms with E-state index in [1.807, 2.05) is 6.92 Å². The molecular weight excluding hydrogens is 330 g/mol. The van der Waals surface area contributed by atoms with E-state index in [1.54, 1.807) is 0 Å². The smallest absolute Gasteiger partial charge is 0.244 e. The Balaban J connectivity index is 1.53. The van der Waals surface area contributed by atoms with E-state index in [-0.39, 0.29) is 11.6 Å². The molecule has 0 unspecified atom stereocenters. The van der Waals surface area contributed by atoms with Crippen molar-refractivity contribution in [3.05, 3.63) is 41.0 Å². The zero-order chi connectivity index (χ0) is 18.1. The number of rotatable bonds is 5. The summed E-state index contributed by atoms with van der Waals surface area (Å²) in [7, 11) is 0. The number of benzene rings is 1. The molecule has 1 atom stereocenters. The third kappa shape index (κ3) is 3.62. The van der Waals surface area contributed by atoms with Crippen molar-refractivity contribution in [3.63, 3.8) is 0 Å². The number of para-hydroxylation sites is 1. The van der Waals surface area contributed by atoms with Gasteiger partial charge in [-0.25, -0.2) is 0 Å². The third-order valence-electron chi connectivity index (χ3n) is 5.23. The van der Waals surface area contributed by atoms with Gasteiger partial charge in [0.1, 0.15) is 11.4 Å². The van der Waals surface area contributed by atoms with Crippen molar-refractivity contribution in [1.82, 2.24) is 15.5 Å². The summed E-state index contributed by atoms with van der Waals surface area (Å²) in [6, 6.07) is 6.43. The van der Waals surface area contributed by atoms with Crippen molar-refractivity contribution in [2.45, 2.75) is 58.2 Å². The maximum absolute atomic E-state index is 6.20. The summed E-state index contributed by atoms with van der Waals surface area (Å²) in [5, 5.41) is 7.64. The van der Waals surface area contributed by atoms with Crippen molar-refractivity contribution < 1.29 is 14.0 Å². The molecule has 2 aromatic rings. The molecule has 1 aromatic carbocycles. The van der Waals surface area contributed by atoms with E-state index in [1.165, 1.54) is 11.1 Å². The van der Waals surface area contributed by atoms with Crippen LogP contribution < -0.4 is 10.1 Å². The fourth-order valence-electron chi connectivity index (χ4n) is 3.98. The van der Waals surface area contributed by atoms with Crippen LogP contribution in [-0.4, -0.2) is 29.0 Å². The van der Waals surface area contributed by atoms with Gasteiger partial charge in [-0.3, -0.25) is 0 Å². The van der Waals surface area contributed by atoms with Gasteiger partial charge in [0.25, 0.3) is 0 Å². The minimum absolute atomic E-state index is 0.0327. The molecule has 0 saturated carbocycles. The zero-order valence-corrected chi connectivity index (χ0v) is 15.7. The first kappa shape index (κ1) is 17.5. The minimum Gasteiger partial charge on any atom is -0.487 e. The molecule has 1 N–H and O–H groups in total. The molecule has 0 spiro atoms. The lowest BCUT2D eigenvalue weighted by Crippen LogP contribution is -2.32. The van der Waals surface area contributed by atoms with Crippen LogP contribution in [0.3, 0.4) is 0 Å². The molecule has 6 heteroatoms. The van der Waals surface area contributed by atoms with Gasteiger partial charge in [-0.2, -0.15) is 4.98 Å². The lowest BCUT2D eigenvalue weighted by Gasteiger charge is -2.29. The highest BCUT2D eigenvalue weighted by Crippen LogP contribution is 2.38. The van der Waals surface area contributed by atoms with Gasteiger partial charge >= 0.3 is 0 Å². The van der Waals surface area contributed by atoms with Gasteiger partial charge < -0.3 is 19.3 Å². The first-order valence-electron chi connectivity index (χ1n) is 9.43. The Morgan fingerprint density at radius 3 is 2.81 bits per heavy atom. The summed E-state index contributed by atoms with van der Waals surface area (Å²) in [6.07, 6.45) is 2.94. The maximum Gasteiger partial charge on any atom is 0.244 e. The molecule has 3 heterocycles. The molecule has 6 nitrogen and oxygen atoms in total. The van der Waals surface area contributed by atoms with Crippen molar-refractivity contribution in [2.24, 2.45) is 5.92 Å². The van der Waals surface area contributed by atoms with Crippen LogP contribution in [0.1, 0.15) is 55.6 Å². The molecule has 2 aliphatic rings. The van der Waals surface area contributed by atoms with Crippen LogP contribution in [0, 0.1) is 12.8 Å². The fraction of sp³-hybridized carbons (Fsp3) is 0.600. The van der Waals surface area contributed by atoms with E-state index in [9.17, 15) is 0 Å². The van der Waals surface area contributed by atoms with Crippen LogP contribution in [0.2, 0.25) is 0 Å². The van der Waals surface area contributed by atoms with Crippen LogP contribution >= 0.6 is 0 Å². The highest BCUT2D eigenvalue weighted by atomic mass is 16.5. The summed E-state index contributed by atoms with van der Waals surface area (Å²) in [6.45, 7) is 8.41. The summed E-state index contributed by atoms with van der Waals surface area (Å²) in [4.78, 5) is 4.48. The molecule has 0 amide bonds. The average Bonchev–Trinajstić information content (AvgIpc) is 3.18. The van der Waals surface area contributed by atoms with E-state index in [4.69, 9.17) is 14.0 Å². The SMILES string of the molecule is Cc1noc([C@@H](NCc2cccc3c2OC(C)(C)C3)C2CCOCC2)n1. The van der Waals surface area contributed by atoms with Crippen LogP contribution in [0.25, 0.3) is 0 Å². The fourth-order valence-corrected chi connectivity index (χ4v) is 3.98. The van der Waals surface area contributed by atoms with Gasteiger partial charge in [-0.05, 0) is 45.1 Å². The molecule has 4 rings (SSSR count). The van der Waals surface area contributed by atoms with Crippen LogP contribution in [-0.2, 0) is 17.7 Å². The second-order valence-electron chi connectivity index (χ2n) is 7.93. The van der Waals surface area contributed by atoms with Crippen molar-refractivity contribution >= 4 is 0 Å². The lowest BCUT2D eigenvalue weighted by atomic mass is 9.91. The van der Waals surface area contributed by atoms with E-state index in [0.29, 0.717) is 24.2 Å². The molecule has 0 radical (unpaired) electrons. The summed E-state index contributed by atoms with van der Waals surface area (Å²) in [5.41, 5.74) is 2.33. The summed E-state index contributed by atoms with van der Waals surface area (Å²) >= 11 is 0. The normalized spacial score (nSPS) is 20.6. The predicted molar refractivity (Wildman–Crippen MR) is 97.0 cm³/mol. The Labute approximate surface area is 154 Å². The van der Waals surface area contributed by atoms with Gasteiger partial charge in [-0.1, -0.05) is 23.4 Å². The van der Waals surface area contributed by atoms with Crippen LogP contribution in [0.5, 0.6) is 5.75 Å². The number of nitrogens with zero attached hydrogens (tertiary/aromatic N) is 2. The second-order valence-corrected chi connectivity index (χ2v) is 7.93. The molecule has 1 aromatic heterocycles. The molecular formula is C20H27N3O3. The molecule has 0 aliphatic carbocycles. The molecule has 26 heavy (non-hydrogen) atoms. The molecule has 1 fully saturated rings. The number of hydrogen-bond acceptors (Lipinski definition) is 6. The molecule has 2 aliphatic heterocycles. The largest absolute Gasteiger partial charge is 0.487 e. The maximum atomic E-state index is 6.20. The monoisotopic (exact) mass is 357 g/mol. The predicted octanol–water partition coefficient (Wildman–Crippen LogP) is 3.35. The number of fused-ring (bicyclic) bond motifs is 1. The standard InChI is InChI=1S/C20H27N3O3/c1-13-22-19(26-23-13)17(14-7-9-24-10-8-14)21-12-16-6-4-5-15-11-20(2,3)25-18(15)16/h4-6,14,17,21H,7-12H2,1-3H3/t17-/m0/s1. The Hall–Kier alpha value is -1.92.